The van der Waals surface area contributed by atoms with Crippen molar-refractivity contribution < 1.29 is 4.52 Å². The van der Waals surface area contributed by atoms with Crippen LogP contribution in [0.25, 0.3) is 0 Å². The Labute approximate surface area is 88.8 Å². The van der Waals surface area contributed by atoms with Gasteiger partial charge in [-0.15, -0.1) is 11.6 Å². The third-order valence-electron chi connectivity index (χ3n) is 2.86. The minimum absolute atomic E-state index is 0.185. The second-order valence-electron chi connectivity index (χ2n) is 4.22. The quantitative estimate of drug-likeness (QED) is 0.710. The van der Waals surface area contributed by atoms with Gasteiger partial charge >= 0.3 is 0 Å². The molecule has 3 nitrogen and oxygen atoms in total. The zero-order chi connectivity index (χ0) is 10.1. The lowest BCUT2D eigenvalue weighted by molar-refractivity contribution is 0.369. The minimum Gasteiger partial charge on any atom is -0.338 e. The molecule has 0 aliphatic heterocycles. The van der Waals surface area contributed by atoms with Crippen molar-refractivity contribution in [2.45, 2.75) is 44.4 Å². The predicted molar refractivity (Wildman–Crippen MR) is 54.3 cm³/mol. The Balaban J connectivity index is 2.09. The van der Waals surface area contributed by atoms with Gasteiger partial charge in [0, 0.05) is 5.92 Å². The van der Waals surface area contributed by atoms with Crippen molar-refractivity contribution >= 4 is 11.6 Å². The minimum atomic E-state index is -0.185. The number of hydrogen-bond donors (Lipinski definition) is 0. The Morgan fingerprint density at radius 3 is 2.79 bits per heavy atom. The summed E-state index contributed by atoms with van der Waals surface area (Å²) in [4.78, 5) is 4.32. The highest BCUT2D eigenvalue weighted by Crippen LogP contribution is 2.36. The zero-order valence-corrected chi connectivity index (χ0v) is 9.29. The van der Waals surface area contributed by atoms with Crippen LogP contribution >= 0.6 is 11.6 Å². The van der Waals surface area contributed by atoms with E-state index in [1.807, 2.05) is 6.92 Å². The maximum atomic E-state index is 5.86. The first-order valence-electron chi connectivity index (χ1n) is 5.14. The van der Waals surface area contributed by atoms with Crippen LogP contribution < -0.4 is 0 Å². The molecule has 0 N–H and O–H groups in total. The molecule has 1 saturated carbocycles. The van der Waals surface area contributed by atoms with Crippen molar-refractivity contribution in [3.05, 3.63) is 11.7 Å². The average Bonchev–Trinajstić information content (AvgIpc) is 2.70. The van der Waals surface area contributed by atoms with E-state index >= 15 is 0 Å². The highest BCUT2D eigenvalue weighted by atomic mass is 35.5. The molecule has 1 aromatic heterocycles. The molecule has 3 atom stereocenters. The number of rotatable bonds is 2. The first kappa shape index (κ1) is 9.97. The fourth-order valence-electron chi connectivity index (χ4n) is 2.02. The van der Waals surface area contributed by atoms with Gasteiger partial charge in [0.2, 0.25) is 5.89 Å². The van der Waals surface area contributed by atoms with Crippen LogP contribution in [0.1, 0.15) is 56.1 Å². The molecular formula is C10H15ClN2O. The summed E-state index contributed by atoms with van der Waals surface area (Å²) in [5, 5.41) is 3.80. The van der Waals surface area contributed by atoms with Crippen molar-refractivity contribution in [2.75, 3.05) is 0 Å². The van der Waals surface area contributed by atoms with Crippen molar-refractivity contribution in [3.8, 4) is 0 Å². The Bertz CT molecular complexity index is 311. The number of hydrogen-bond acceptors (Lipinski definition) is 3. The molecule has 0 amide bonds. The van der Waals surface area contributed by atoms with E-state index in [1.165, 1.54) is 19.3 Å². The molecule has 0 saturated heterocycles. The van der Waals surface area contributed by atoms with Crippen molar-refractivity contribution in [1.29, 1.82) is 0 Å². The standard InChI is InChI=1S/C10H15ClN2O/c1-6-3-4-8(5-6)9-12-10(7(2)11)14-13-9/h6-8H,3-5H2,1-2H3. The number of nitrogens with zero attached hydrogens (tertiary/aromatic N) is 2. The van der Waals surface area contributed by atoms with Crippen molar-refractivity contribution in [3.63, 3.8) is 0 Å². The molecule has 1 aliphatic rings. The lowest BCUT2D eigenvalue weighted by Crippen LogP contribution is -1.96. The summed E-state index contributed by atoms with van der Waals surface area (Å²) in [5.41, 5.74) is 0. The van der Waals surface area contributed by atoms with Crippen molar-refractivity contribution in [2.24, 2.45) is 5.92 Å². The number of alkyl halides is 1. The Morgan fingerprint density at radius 1 is 1.50 bits per heavy atom. The van der Waals surface area contributed by atoms with Crippen LogP contribution in [0, 0.1) is 5.92 Å². The normalized spacial score (nSPS) is 29.4. The zero-order valence-electron chi connectivity index (χ0n) is 8.53. The van der Waals surface area contributed by atoms with Crippen LogP contribution in [0.15, 0.2) is 4.52 Å². The number of aromatic nitrogens is 2. The second kappa shape index (κ2) is 3.89. The van der Waals surface area contributed by atoms with Gasteiger partial charge in [-0.2, -0.15) is 4.98 Å². The topological polar surface area (TPSA) is 38.9 Å². The summed E-state index contributed by atoms with van der Waals surface area (Å²) in [7, 11) is 0. The molecule has 4 heteroatoms. The van der Waals surface area contributed by atoms with Gasteiger partial charge in [0.15, 0.2) is 5.82 Å². The van der Waals surface area contributed by atoms with Gasteiger partial charge < -0.3 is 4.52 Å². The fraction of sp³-hybridized carbons (Fsp3) is 0.800. The van der Waals surface area contributed by atoms with Gasteiger partial charge in [-0.05, 0) is 32.1 Å². The van der Waals surface area contributed by atoms with Gasteiger partial charge in [-0.3, -0.25) is 0 Å². The maximum Gasteiger partial charge on any atom is 0.244 e. The highest BCUT2D eigenvalue weighted by molar-refractivity contribution is 6.20. The van der Waals surface area contributed by atoms with E-state index in [0.717, 1.165) is 11.7 Å². The van der Waals surface area contributed by atoms with Gasteiger partial charge in [0.25, 0.3) is 0 Å². The van der Waals surface area contributed by atoms with Crippen LogP contribution in [-0.2, 0) is 0 Å². The molecule has 0 aromatic carbocycles. The molecule has 2 rings (SSSR count). The van der Waals surface area contributed by atoms with Crippen LogP contribution in [-0.4, -0.2) is 10.1 Å². The van der Waals surface area contributed by atoms with Crippen LogP contribution in [0.4, 0.5) is 0 Å². The summed E-state index contributed by atoms with van der Waals surface area (Å²) in [6, 6.07) is 0. The predicted octanol–water partition coefficient (Wildman–Crippen LogP) is 3.27. The summed E-state index contributed by atoms with van der Waals surface area (Å²) in [6.45, 7) is 4.11. The molecule has 14 heavy (non-hydrogen) atoms. The summed E-state index contributed by atoms with van der Waals surface area (Å²) in [5.74, 6) is 2.66. The van der Waals surface area contributed by atoms with E-state index in [4.69, 9.17) is 16.1 Å². The molecule has 1 fully saturated rings. The van der Waals surface area contributed by atoms with E-state index in [2.05, 4.69) is 17.1 Å². The van der Waals surface area contributed by atoms with Crippen LogP contribution in [0.5, 0.6) is 0 Å². The van der Waals surface area contributed by atoms with Gasteiger partial charge in [0.05, 0.1) is 0 Å². The molecule has 1 heterocycles. The largest absolute Gasteiger partial charge is 0.338 e. The fourth-order valence-corrected chi connectivity index (χ4v) is 2.10. The van der Waals surface area contributed by atoms with Gasteiger partial charge in [0.1, 0.15) is 5.38 Å². The lowest BCUT2D eigenvalue weighted by Gasteiger charge is -2.01. The molecule has 1 aromatic rings. The third-order valence-corrected chi connectivity index (χ3v) is 3.04. The first-order chi connectivity index (χ1) is 6.66. The molecule has 0 spiro atoms. The van der Waals surface area contributed by atoms with E-state index in [0.29, 0.717) is 11.8 Å². The lowest BCUT2D eigenvalue weighted by atomic mass is 10.1. The van der Waals surface area contributed by atoms with E-state index in [9.17, 15) is 0 Å². The monoisotopic (exact) mass is 214 g/mol. The summed E-state index contributed by atoms with van der Waals surface area (Å²) < 4.78 is 5.08. The highest BCUT2D eigenvalue weighted by Gasteiger charge is 2.27. The third kappa shape index (κ3) is 1.92. The molecular weight excluding hydrogens is 200 g/mol. The van der Waals surface area contributed by atoms with Gasteiger partial charge in [-0.1, -0.05) is 12.1 Å². The van der Waals surface area contributed by atoms with Gasteiger partial charge in [-0.25, -0.2) is 0 Å². The Kier molecular flexibility index (Phi) is 2.77. The average molecular weight is 215 g/mol. The Hall–Kier alpha value is -0.570. The maximum absolute atomic E-state index is 5.86. The van der Waals surface area contributed by atoms with Crippen LogP contribution in [0.2, 0.25) is 0 Å². The first-order valence-corrected chi connectivity index (χ1v) is 5.58. The van der Waals surface area contributed by atoms with Crippen molar-refractivity contribution in [1.82, 2.24) is 10.1 Å². The van der Waals surface area contributed by atoms with E-state index in [-0.39, 0.29) is 5.38 Å². The smallest absolute Gasteiger partial charge is 0.244 e. The SMILES string of the molecule is CC1CCC(c2noc(C(C)Cl)n2)C1. The molecule has 0 radical (unpaired) electrons. The molecule has 78 valence electrons. The van der Waals surface area contributed by atoms with Crippen LogP contribution in [0.3, 0.4) is 0 Å². The van der Waals surface area contributed by atoms with E-state index in [1.54, 1.807) is 0 Å². The number of halogens is 1. The second-order valence-corrected chi connectivity index (χ2v) is 4.88. The molecule has 3 unspecified atom stereocenters. The molecule has 1 aliphatic carbocycles. The summed E-state index contributed by atoms with van der Waals surface area (Å²) in [6.07, 6.45) is 3.62. The molecule has 0 bridgehead atoms. The summed E-state index contributed by atoms with van der Waals surface area (Å²) >= 11 is 5.86. The van der Waals surface area contributed by atoms with E-state index < -0.39 is 0 Å². The Morgan fingerprint density at radius 2 is 2.29 bits per heavy atom.